The molecule has 7 nitrogen and oxygen atoms in total. The highest BCUT2D eigenvalue weighted by Gasteiger charge is 2.38. The smallest absolute Gasteiger partial charge is 0.328 e. The SMILES string of the molecule is O=C(Cn1ccnc1)ON1C(=O)c2ccccc2C1=O. The summed E-state index contributed by atoms with van der Waals surface area (Å²) in [4.78, 5) is 44.2. The number of carbonyl (C=O) groups is 3. The third kappa shape index (κ3) is 1.95. The van der Waals surface area contributed by atoms with E-state index in [1.165, 1.54) is 29.2 Å². The van der Waals surface area contributed by atoms with Crippen molar-refractivity contribution in [2.24, 2.45) is 0 Å². The Kier molecular flexibility index (Phi) is 2.79. The summed E-state index contributed by atoms with van der Waals surface area (Å²) in [6.45, 7) is -0.132. The first-order valence-corrected chi connectivity index (χ1v) is 5.81. The molecule has 1 aliphatic heterocycles. The highest BCUT2D eigenvalue weighted by atomic mass is 16.7. The number of carbonyl (C=O) groups excluding carboxylic acids is 3. The lowest BCUT2D eigenvalue weighted by Crippen LogP contribution is -2.33. The van der Waals surface area contributed by atoms with Crippen LogP contribution < -0.4 is 0 Å². The van der Waals surface area contributed by atoms with Gasteiger partial charge >= 0.3 is 5.97 Å². The molecule has 0 radical (unpaired) electrons. The van der Waals surface area contributed by atoms with Crippen molar-refractivity contribution in [3.8, 4) is 0 Å². The van der Waals surface area contributed by atoms with E-state index in [1.54, 1.807) is 18.3 Å². The van der Waals surface area contributed by atoms with E-state index in [1.807, 2.05) is 0 Å². The largest absolute Gasteiger partial charge is 0.352 e. The van der Waals surface area contributed by atoms with Gasteiger partial charge in [0.2, 0.25) is 0 Å². The summed E-state index contributed by atoms with van der Waals surface area (Å²) < 4.78 is 1.47. The predicted molar refractivity (Wildman–Crippen MR) is 65.3 cm³/mol. The number of hydrogen-bond acceptors (Lipinski definition) is 5. The van der Waals surface area contributed by atoms with Crippen molar-refractivity contribution >= 4 is 17.8 Å². The van der Waals surface area contributed by atoms with E-state index in [4.69, 9.17) is 4.84 Å². The van der Waals surface area contributed by atoms with Crippen LogP contribution in [0.2, 0.25) is 0 Å². The van der Waals surface area contributed by atoms with Crippen molar-refractivity contribution in [1.82, 2.24) is 14.6 Å². The van der Waals surface area contributed by atoms with Crippen LogP contribution in [0.1, 0.15) is 20.7 Å². The molecule has 0 unspecified atom stereocenters. The summed E-state index contributed by atoms with van der Waals surface area (Å²) in [6, 6.07) is 6.31. The van der Waals surface area contributed by atoms with E-state index < -0.39 is 17.8 Å². The van der Waals surface area contributed by atoms with Gasteiger partial charge in [-0.3, -0.25) is 9.59 Å². The van der Waals surface area contributed by atoms with Gasteiger partial charge in [0.15, 0.2) is 0 Å². The van der Waals surface area contributed by atoms with Crippen molar-refractivity contribution in [3.05, 3.63) is 54.1 Å². The second kappa shape index (κ2) is 4.61. The fourth-order valence-electron chi connectivity index (χ4n) is 1.91. The number of imide groups is 1. The first-order valence-electron chi connectivity index (χ1n) is 5.81. The lowest BCUT2D eigenvalue weighted by atomic mass is 10.1. The number of nitrogens with zero attached hydrogens (tertiary/aromatic N) is 3. The molecule has 2 heterocycles. The third-order valence-electron chi connectivity index (χ3n) is 2.82. The Morgan fingerprint density at radius 3 is 2.35 bits per heavy atom. The summed E-state index contributed by atoms with van der Waals surface area (Å²) in [5.74, 6) is -1.99. The molecule has 0 saturated heterocycles. The number of imidazole rings is 1. The summed E-state index contributed by atoms with van der Waals surface area (Å²) in [6.07, 6.45) is 4.52. The molecule has 0 bridgehead atoms. The van der Waals surface area contributed by atoms with Gasteiger partial charge in [0.25, 0.3) is 11.8 Å². The summed E-state index contributed by atoms with van der Waals surface area (Å²) in [5.41, 5.74) is 0.459. The molecule has 0 N–H and O–H groups in total. The maximum absolute atomic E-state index is 12.0. The van der Waals surface area contributed by atoms with Crippen LogP contribution >= 0.6 is 0 Å². The minimum atomic E-state index is -0.725. The second-order valence-electron chi connectivity index (χ2n) is 4.15. The molecule has 7 heteroatoms. The summed E-state index contributed by atoms with van der Waals surface area (Å²) in [5, 5.41) is 0.490. The number of fused-ring (bicyclic) bond motifs is 1. The lowest BCUT2D eigenvalue weighted by molar-refractivity contribution is -0.169. The number of hydroxylamine groups is 2. The Bertz CT molecular complexity index is 658. The highest BCUT2D eigenvalue weighted by molar-refractivity contribution is 6.20. The molecule has 2 amide bonds. The van der Waals surface area contributed by atoms with E-state index in [0.717, 1.165) is 0 Å². The molecule has 0 saturated carbocycles. The predicted octanol–water partition coefficient (Wildman–Crippen LogP) is 0.638. The van der Waals surface area contributed by atoms with Gasteiger partial charge in [0.05, 0.1) is 17.5 Å². The van der Waals surface area contributed by atoms with Gasteiger partial charge in [0.1, 0.15) is 6.54 Å². The average molecular weight is 271 g/mol. The van der Waals surface area contributed by atoms with Gasteiger partial charge < -0.3 is 9.40 Å². The maximum Gasteiger partial charge on any atom is 0.352 e. The lowest BCUT2D eigenvalue weighted by Gasteiger charge is -2.12. The van der Waals surface area contributed by atoms with Crippen molar-refractivity contribution < 1.29 is 19.2 Å². The minimum Gasteiger partial charge on any atom is -0.328 e. The number of hydrogen-bond donors (Lipinski definition) is 0. The monoisotopic (exact) mass is 271 g/mol. The van der Waals surface area contributed by atoms with E-state index >= 15 is 0 Å². The molecule has 3 rings (SSSR count). The van der Waals surface area contributed by atoms with Crippen LogP contribution in [0.4, 0.5) is 0 Å². The molecule has 1 aromatic heterocycles. The summed E-state index contributed by atoms with van der Waals surface area (Å²) in [7, 11) is 0. The van der Waals surface area contributed by atoms with E-state index in [0.29, 0.717) is 5.06 Å². The van der Waals surface area contributed by atoms with Crippen molar-refractivity contribution in [3.63, 3.8) is 0 Å². The normalized spacial score (nSPS) is 13.5. The van der Waals surface area contributed by atoms with Gasteiger partial charge in [-0.2, -0.15) is 0 Å². The zero-order valence-electron chi connectivity index (χ0n) is 10.2. The van der Waals surface area contributed by atoms with E-state index in [9.17, 15) is 14.4 Å². The second-order valence-corrected chi connectivity index (χ2v) is 4.15. The fraction of sp³-hybridized carbons (Fsp3) is 0.0769. The molecule has 0 atom stereocenters. The van der Waals surface area contributed by atoms with Crippen LogP contribution in [-0.4, -0.2) is 32.4 Å². The number of aromatic nitrogens is 2. The molecule has 0 fully saturated rings. The number of benzene rings is 1. The Balaban J connectivity index is 1.75. The Hall–Kier alpha value is -2.96. The number of rotatable bonds is 3. The van der Waals surface area contributed by atoms with Crippen LogP contribution in [0.5, 0.6) is 0 Å². The average Bonchev–Trinajstić information content (AvgIpc) is 3.03. The maximum atomic E-state index is 12.0. The van der Waals surface area contributed by atoms with Crippen LogP contribution in [0.25, 0.3) is 0 Å². The van der Waals surface area contributed by atoms with Gasteiger partial charge in [-0.15, -0.1) is 0 Å². The standard InChI is InChI=1S/C13H9N3O4/c17-11(7-15-6-5-14-8-15)20-16-12(18)9-3-1-2-4-10(9)13(16)19/h1-6,8H,7H2. The minimum absolute atomic E-state index is 0.132. The van der Waals surface area contributed by atoms with Gasteiger partial charge in [-0.05, 0) is 12.1 Å². The third-order valence-corrected chi connectivity index (χ3v) is 2.82. The van der Waals surface area contributed by atoms with Crippen LogP contribution in [0.15, 0.2) is 43.0 Å². The van der Waals surface area contributed by atoms with Gasteiger partial charge in [-0.25, -0.2) is 9.78 Å². The zero-order valence-corrected chi connectivity index (χ0v) is 10.2. The fourth-order valence-corrected chi connectivity index (χ4v) is 1.91. The molecule has 0 aliphatic carbocycles. The van der Waals surface area contributed by atoms with E-state index in [-0.39, 0.29) is 17.7 Å². The Morgan fingerprint density at radius 1 is 1.15 bits per heavy atom. The van der Waals surface area contributed by atoms with Crippen molar-refractivity contribution in [2.45, 2.75) is 6.54 Å². The van der Waals surface area contributed by atoms with Gasteiger partial charge in [0, 0.05) is 12.4 Å². The topological polar surface area (TPSA) is 81.5 Å². The molecular formula is C13H9N3O4. The first kappa shape index (κ1) is 12.1. The quantitative estimate of drug-likeness (QED) is 0.765. The van der Waals surface area contributed by atoms with Crippen LogP contribution in [0.3, 0.4) is 0 Å². The number of amides is 2. The van der Waals surface area contributed by atoms with Crippen LogP contribution in [0, 0.1) is 0 Å². The molecule has 2 aromatic rings. The van der Waals surface area contributed by atoms with Crippen molar-refractivity contribution in [1.29, 1.82) is 0 Å². The Morgan fingerprint density at radius 2 is 1.80 bits per heavy atom. The molecule has 1 aliphatic rings. The molecular weight excluding hydrogens is 262 g/mol. The first-order chi connectivity index (χ1) is 9.66. The molecule has 1 aromatic carbocycles. The van der Waals surface area contributed by atoms with Crippen molar-refractivity contribution in [2.75, 3.05) is 0 Å². The highest BCUT2D eigenvalue weighted by Crippen LogP contribution is 2.22. The summed E-state index contributed by atoms with van der Waals surface area (Å²) >= 11 is 0. The van der Waals surface area contributed by atoms with E-state index in [2.05, 4.69) is 4.98 Å². The molecule has 0 spiro atoms. The van der Waals surface area contributed by atoms with Gasteiger partial charge in [-0.1, -0.05) is 17.2 Å². The Labute approximate surface area is 113 Å². The molecule has 100 valence electrons. The molecule has 20 heavy (non-hydrogen) atoms. The zero-order chi connectivity index (χ0) is 14.1. The van der Waals surface area contributed by atoms with Crippen LogP contribution in [-0.2, 0) is 16.2 Å².